The van der Waals surface area contributed by atoms with Crippen molar-refractivity contribution in [2.45, 2.75) is 31.4 Å². The normalized spacial score (nSPS) is 22.1. The zero-order valence-corrected chi connectivity index (χ0v) is 11.4. The van der Waals surface area contributed by atoms with Crippen LogP contribution in [0.2, 0.25) is 0 Å². The minimum Gasteiger partial charge on any atom is -0.490 e. The Labute approximate surface area is 117 Å². The largest absolute Gasteiger partial charge is 0.490 e. The predicted molar refractivity (Wildman–Crippen MR) is 72.4 cm³/mol. The van der Waals surface area contributed by atoms with Gasteiger partial charge in [0, 0.05) is 24.9 Å². The van der Waals surface area contributed by atoms with Crippen LogP contribution in [0.15, 0.2) is 24.5 Å². The van der Waals surface area contributed by atoms with Gasteiger partial charge in [-0.05, 0) is 25.0 Å². The summed E-state index contributed by atoms with van der Waals surface area (Å²) in [7, 11) is 0. The molecule has 1 saturated carbocycles. The number of hydrogen-bond acceptors (Lipinski definition) is 3. The van der Waals surface area contributed by atoms with Crippen molar-refractivity contribution in [2.24, 2.45) is 0 Å². The number of nitrogens with zero attached hydrogens (tertiary/aromatic N) is 1. The van der Waals surface area contributed by atoms with Gasteiger partial charge in [0.05, 0.1) is 0 Å². The monoisotopic (exact) mass is 290 g/mol. The Kier molecular flexibility index (Phi) is 6.22. The van der Waals surface area contributed by atoms with E-state index in [1.165, 1.54) is 0 Å². The molecule has 2 rings (SSSR count). The van der Waals surface area contributed by atoms with Crippen LogP contribution in [0.1, 0.15) is 19.3 Å². The number of ether oxygens (including phenoxy) is 1. The van der Waals surface area contributed by atoms with E-state index < -0.39 is 0 Å². The van der Waals surface area contributed by atoms with Crippen molar-refractivity contribution in [1.29, 1.82) is 0 Å². The average molecular weight is 291 g/mol. The standard InChI is InChI=1S/C12H15ClN2O2.ClH/c13-8-12(16)15-9-1-2-11(7-9)17-10-3-5-14-6-4-10;/h3-6,9,11H,1-2,7-8H2,(H,15,16);1H. The molecule has 6 heteroatoms. The number of pyridine rings is 1. The third-order valence-electron chi connectivity index (χ3n) is 2.82. The lowest BCUT2D eigenvalue weighted by molar-refractivity contribution is -0.119. The number of amides is 1. The lowest BCUT2D eigenvalue weighted by Gasteiger charge is -2.14. The number of aromatic nitrogens is 1. The molecule has 1 amide bonds. The maximum atomic E-state index is 11.1. The maximum Gasteiger partial charge on any atom is 0.235 e. The van der Waals surface area contributed by atoms with Crippen LogP contribution in [0.25, 0.3) is 0 Å². The second-order valence-electron chi connectivity index (χ2n) is 4.13. The van der Waals surface area contributed by atoms with Crippen LogP contribution in [-0.4, -0.2) is 28.9 Å². The Morgan fingerprint density at radius 2 is 2.17 bits per heavy atom. The van der Waals surface area contributed by atoms with Crippen molar-refractivity contribution < 1.29 is 9.53 Å². The Bertz CT molecular complexity index is 376. The number of carbonyl (C=O) groups excluding carboxylic acids is 1. The van der Waals surface area contributed by atoms with Crippen LogP contribution in [0, 0.1) is 0 Å². The first-order valence-electron chi connectivity index (χ1n) is 5.70. The zero-order valence-electron chi connectivity index (χ0n) is 9.84. The molecule has 1 heterocycles. The molecule has 4 nitrogen and oxygen atoms in total. The van der Waals surface area contributed by atoms with Crippen molar-refractivity contribution >= 4 is 29.9 Å². The zero-order chi connectivity index (χ0) is 12.1. The fourth-order valence-corrected chi connectivity index (χ4v) is 2.13. The van der Waals surface area contributed by atoms with Crippen molar-refractivity contribution in [2.75, 3.05) is 5.88 Å². The van der Waals surface area contributed by atoms with E-state index in [1.807, 2.05) is 12.1 Å². The summed E-state index contributed by atoms with van der Waals surface area (Å²) in [6.45, 7) is 0. The number of alkyl halides is 1. The van der Waals surface area contributed by atoms with E-state index in [4.69, 9.17) is 16.3 Å². The molecule has 0 bridgehead atoms. The molecule has 0 spiro atoms. The molecule has 0 saturated heterocycles. The van der Waals surface area contributed by atoms with Gasteiger partial charge >= 0.3 is 0 Å². The SMILES string of the molecule is Cl.O=C(CCl)NC1CCC(Oc2ccncc2)C1. The van der Waals surface area contributed by atoms with Crippen molar-refractivity contribution in [1.82, 2.24) is 10.3 Å². The molecular weight excluding hydrogens is 275 g/mol. The van der Waals surface area contributed by atoms with Gasteiger partial charge in [0.25, 0.3) is 0 Å². The summed E-state index contributed by atoms with van der Waals surface area (Å²) in [5.41, 5.74) is 0. The summed E-state index contributed by atoms with van der Waals surface area (Å²) in [6, 6.07) is 3.86. The lowest BCUT2D eigenvalue weighted by Crippen LogP contribution is -2.34. The van der Waals surface area contributed by atoms with E-state index in [2.05, 4.69) is 10.3 Å². The molecule has 2 atom stereocenters. The van der Waals surface area contributed by atoms with Crippen LogP contribution >= 0.6 is 24.0 Å². The fraction of sp³-hybridized carbons (Fsp3) is 0.500. The first-order chi connectivity index (χ1) is 8.28. The van der Waals surface area contributed by atoms with Crippen molar-refractivity contribution in [3.63, 3.8) is 0 Å². The molecular formula is C12H16Cl2N2O2. The predicted octanol–water partition coefficient (Wildman–Crippen LogP) is 2.16. The van der Waals surface area contributed by atoms with Crippen molar-refractivity contribution in [3.8, 4) is 5.75 Å². The van der Waals surface area contributed by atoms with E-state index in [-0.39, 0.29) is 36.3 Å². The van der Waals surface area contributed by atoms with Crippen molar-refractivity contribution in [3.05, 3.63) is 24.5 Å². The Hall–Kier alpha value is -1.00. The minimum absolute atomic E-state index is 0. The van der Waals surface area contributed by atoms with Gasteiger partial charge in [-0.3, -0.25) is 9.78 Å². The highest BCUT2D eigenvalue weighted by Gasteiger charge is 2.26. The quantitative estimate of drug-likeness (QED) is 0.865. The topological polar surface area (TPSA) is 51.2 Å². The van der Waals surface area contributed by atoms with Gasteiger partial charge < -0.3 is 10.1 Å². The highest BCUT2D eigenvalue weighted by Crippen LogP contribution is 2.24. The molecule has 1 N–H and O–H groups in total. The van der Waals surface area contributed by atoms with Gasteiger partial charge in [-0.25, -0.2) is 0 Å². The van der Waals surface area contributed by atoms with Crippen LogP contribution in [0.5, 0.6) is 5.75 Å². The molecule has 0 aliphatic heterocycles. The van der Waals surface area contributed by atoms with Gasteiger partial charge in [0.15, 0.2) is 0 Å². The number of hydrogen-bond donors (Lipinski definition) is 1. The van der Waals surface area contributed by atoms with Gasteiger partial charge in [-0.2, -0.15) is 0 Å². The molecule has 1 aromatic rings. The summed E-state index contributed by atoms with van der Waals surface area (Å²) < 4.78 is 5.80. The minimum atomic E-state index is -0.110. The summed E-state index contributed by atoms with van der Waals surface area (Å²) in [5.74, 6) is 0.738. The Balaban J connectivity index is 0.00000162. The smallest absolute Gasteiger partial charge is 0.235 e. The van der Waals surface area contributed by atoms with E-state index in [0.29, 0.717) is 0 Å². The fourth-order valence-electron chi connectivity index (χ4n) is 2.05. The van der Waals surface area contributed by atoms with Gasteiger partial charge in [0.2, 0.25) is 5.91 Å². The second-order valence-corrected chi connectivity index (χ2v) is 4.40. The third-order valence-corrected chi connectivity index (χ3v) is 3.07. The van der Waals surface area contributed by atoms with E-state index in [1.54, 1.807) is 12.4 Å². The first-order valence-corrected chi connectivity index (χ1v) is 6.23. The van der Waals surface area contributed by atoms with Gasteiger partial charge in [0.1, 0.15) is 17.7 Å². The molecule has 18 heavy (non-hydrogen) atoms. The summed E-state index contributed by atoms with van der Waals surface area (Å²) in [6.07, 6.45) is 6.31. The Morgan fingerprint density at radius 3 is 2.83 bits per heavy atom. The highest BCUT2D eigenvalue weighted by molar-refractivity contribution is 6.27. The molecule has 0 aromatic carbocycles. The highest BCUT2D eigenvalue weighted by atomic mass is 35.5. The number of carbonyl (C=O) groups is 1. The number of halogens is 2. The summed E-state index contributed by atoms with van der Waals surface area (Å²) >= 11 is 5.45. The van der Waals surface area contributed by atoms with Crippen LogP contribution < -0.4 is 10.1 Å². The second kappa shape index (κ2) is 7.44. The summed E-state index contributed by atoms with van der Waals surface area (Å²) in [4.78, 5) is 15.1. The van der Waals surface area contributed by atoms with E-state index >= 15 is 0 Å². The average Bonchev–Trinajstić information content (AvgIpc) is 2.77. The molecule has 1 aliphatic carbocycles. The molecule has 0 radical (unpaired) electrons. The van der Waals surface area contributed by atoms with Crippen LogP contribution in [-0.2, 0) is 4.79 Å². The van der Waals surface area contributed by atoms with E-state index in [9.17, 15) is 4.79 Å². The van der Waals surface area contributed by atoms with Crippen LogP contribution in [0.3, 0.4) is 0 Å². The summed E-state index contributed by atoms with van der Waals surface area (Å²) in [5, 5.41) is 2.88. The molecule has 100 valence electrons. The lowest BCUT2D eigenvalue weighted by atomic mass is 10.2. The maximum absolute atomic E-state index is 11.1. The molecule has 1 aromatic heterocycles. The molecule has 1 aliphatic rings. The van der Waals surface area contributed by atoms with Gasteiger partial charge in [-0.1, -0.05) is 0 Å². The third kappa shape index (κ3) is 4.35. The van der Waals surface area contributed by atoms with Crippen LogP contribution in [0.4, 0.5) is 0 Å². The number of rotatable bonds is 4. The number of nitrogens with one attached hydrogen (secondary N) is 1. The first kappa shape index (κ1) is 15.1. The molecule has 2 unspecified atom stereocenters. The van der Waals surface area contributed by atoms with E-state index in [0.717, 1.165) is 25.0 Å². The van der Waals surface area contributed by atoms with Gasteiger partial charge in [-0.15, -0.1) is 24.0 Å². The Morgan fingerprint density at radius 1 is 1.44 bits per heavy atom. The molecule has 1 fully saturated rings.